The van der Waals surface area contributed by atoms with E-state index in [-0.39, 0.29) is 0 Å². The molecule has 4 aromatic rings. The second kappa shape index (κ2) is 8.77. The van der Waals surface area contributed by atoms with Crippen molar-refractivity contribution in [3.63, 3.8) is 0 Å². The summed E-state index contributed by atoms with van der Waals surface area (Å²) in [6, 6.07) is 25.3. The van der Waals surface area contributed by atoms with Crippen molar-refractivity contribution in [2.24, 2.45) is 5.73 Å². The van der Waals surface area contributed by atoms with Crippen LogP contribution in [-0.2, 0) is 25.9 Å². The molecule has 0 aliphatic carbocycles. The first-order valence-corrected chi connectivity index (χ1v) is 9.87. The Hall–Kier alpha value is -3.04. The number of aromatic amines is 1. The molecule has 1 aromatic heterocycles. The smallest absolute Gasteiger partial charge is 0.125 e. The van der Waals surface area contributed by atoms with Gasteiger partial charge in [-0.1, -0.05) is 60.7 Å². The van der Waals surface area contributed by atoms with Crippen molar-refractivity contribution in [2.45, 2.75) is 25.9 Å². The minimum atomic E-state index is 0.570. The predicted molar refractivity (Wildman–Crippen MR) is 116 cm³/mol. The topological polar surface area (TPSA) is 51.0 Å². The number of rotatable bonds is 8. The normalized spacial score (nSPS) is 11.0. The number of hydrogen-bond donors (Lipinski definition) is 2. The Morgan fingerprint density at radius 2 is 1.46 bits per heavy atom. The summed E-state index contributed by atoms with van der Waals surface area (Å²) in [5.41, 5.74) is 11.9. The van der Waals surface area contributed by atoms with Crippen LogP contribution < -0.4 is 10.5 Å². The minimum absolute atomic E-state index is 0.570. The molecule has 0 spiro atoms. The molecule has 3 heteroatoms. The highest BCUT2D eigenvalue weighted by atomic mass is 16.5. The molecule has 0 amide bonds. The molecule has 0 fully saturated rings. The summed E-state index contributed by atoms with van der Waals surface area (Å²) in [6.45, 7) is 1.22. The first-order chi connectivity index (χ1) is 13.8. The molecule has 0 saturated carbocycles. The standard InChI is InChI=1S/C25H26N2O/c26-14-13-22-17-27-24-16-25(28-18-20-9-5-2-6-10-20)21(15-23(22)24)12-11-19-7-3-1-4-8-19/h1-10,15-17,27H,11-14,18,26H2. The first kappa shape index (κ1) is 18.3. The van der Waals surface area contributed by atoms with Gasteiger partial charge in [-0.3, -0.25) is 0 Å². The van der Waals surface area contributed by atoms with E-state index in [2.05, 4.69) is 65.8 Å². The van der Waals surface area contributed by atoms with Crippen molar-refractivity contribution in [2.75, 3.05) is 6.54 Å². The van der Waals surface area contributed by atoms with Gasteiger partial charge in [0.15, 0.2) is 0 Å². The summed E-state index contributed by atoms with van der Waals surface area (Å²) in [7, 11) is 0. The van der Waals surface area contributed by atoms with Crippen LogP contribution >= 0.6 is 0 Å². The molecule has 4 rings (SSSR count). The molecular formula is C25H26N2O. The summed E-state index contributed by atoms with van der Waals surface area (Å²) in [6.07, 6.45) is 4.88. The second-order valence-corrected chi connectivity index (χ2v) is 7.12. The molecule has 3 aromatic carbocycles. The fraction of sp³-hybridized carbons (Fsp3) is 0.200. The highest BCUT2D eigenvalue weighted by Crippen LogP contribution is 2.30. The molecule has 142 valence electrons. The lowest BCUT2D eigenvalue weighted by Crippen LogP contribution is -2.03. The molecule has 0 unspecified atom stereocenters. The summed E-state index contributed by atoms with van der Waals surface area (Å²) >= 11 is 0. The van der Waals surface area contributed by atoms with Crippen molar-refractivity contribution in [3.8, 4) is 5.75 Å². The zero-order valence-corrected chi connectivity index (χ0v) is 16.0. The fourth-order valence-corrected chi connectivity index (χ4v) is 3.60. The van der Waals surface area contributed by atoms with E-state index in [4.69, 9.17) is 10.5 Å². The summed E-state index contributed by atoms with van der Waals surface area (Å²) in [5, 5.41) is 1.25. The van der Waals surface area contributed by atoms with E-state index in [1.807, 2.05) is 18.2 Å². The second-order valence-electron chi connectivity index (χ2n) is 7.12. The van der Waals surface area contributed by atoms with Crippen molar-refractivity contribution in [1.29, 1.82) is 0 Å². The van der Waals surface area contributed by atoms with Crippen LogP contribution in [-0.4, -0.2) is 11.5 Å². The van der Waals surface area contributed by atoms with Crippen LogP contribution in [0, 0.1) is 0 Å². The molecule has 0 aliphatic rings. The van der Waals surface area contributed by atoms with Crippen molar-refractivity contribution in [1.82, 2.24) is 4.98 Å². The van der Waals surface area contributed by atoms with Crippen LogP contribution in [0.1, 0.15) is 22.3 Å². The number of H-pyrrole nitrogens is 1. The molecule has 0 aliphatic heterocycles. The van der Waals surface area contributed by atoms with Crippen LogP contribution in [0.4, 0.5) is 0 Å². The zero-order chi connectivity index (χ0) is 19.2. The monoisotopic (exact) mass is 370 g/mol. The van der Waals surface area contributed by atoms with Gasteiger partial charge in [0.1, 0.15) is 12.4 Å². The average Bonchev–Trinajstić information content (AvgIpc) is 3.14. The molecule has 0 bridgehead atoms. The van der Waals surface area contributed by atoms with Crippen molar-refractivity contribution < 1.29 is 4.74 Å². The SMILES string of the molecule is NCCc1c[nH]c2cc(OCc3ccccc3)c(CCc3ccccc3)cc12. The maximum absolute atomic E-state index is 6.24. The fourth-order valence-electron chi connectivity index (χ4n) is 3.60. The van der Waals surface area contributed by atoms with Gasteiger partial charge in [0.2, 0.25) is 0 Å². The third-order valence-electron chi connectivity index (χ3n) is 5.13. The molecule has 3 nitrogen and oxygen atoms in total. The minimum Gasteiger partial charge on any atom is -0.489 e. The Labute approximate surface area is 166 Å². The van der Waals surface area contributed by atoms with Gasteiger partial charge in [0.25, 0.3) is 0 Å². The maximum atomic E-state index is 6.24. The predicted octanol–water partition coefficient (Wildman–Crippen LogP) is 5.03. The van der Waals surface area contributed by atoms with Gasteiger partial charge in [0.05, 0.1) is 0 Å². The molecule has 28 heavy (non-hydrogen) atoms. The lowest BCUT2D eigenvalue weighted by Gasteiger charge is -2.13. The van der Waals surface area contributed by atoms with E-state index in [1.54, 1.807) is 0 Å². The number of aryl methyl sites for hydroxylation is 2. The van der Waals surface area contributed by atoms with Crippen LogP contribution in [0.15, 0.2) is 79.0 Å². The maximum Gasteiger partial charge on any atom is 0.125 e. The number of fused-ring (bicyclic) bond motifs is 1. The number of nitrogens with two attached hydrogens (primary N) is 1. The van der Waals surface area contributed by atoms with Crippen molar-refractivity contribution >= 4 is 10.9 Å². The Morgan fingerprint density at radius 3 is 2.18 bits per heavy atom. The van der Waals surface area contributed by atoms with Gasteiger partial charge >= 0.3 is 0 Å². The lowest BCUT2D eigenvalue weighted by atomic mass is 10.0. The summed E-state index contributed by atoms with van der Waals surface area (Å²) < 4.78 is 6.24. The third kappa shape index (κ3) is 4.26. The molecule has 0 radical (unpaired) electrons. The number of ether oxygens (including phenoxy) is 1. The summed E-state index contributed by atoms with van der Waals surface area (Å²) in [5.74, 6) is 0.952. The third-order valence-corrected chi connectivity index (χ3v) is 5.13. The van der Waals surface area contributed by atoms with Gasteiger partial charge in [-0.15, -0.1) is 0 Å². The van der Waals surface area contributed by atoms with Gasteiger partial charge in [-0.05, 0) is 54.1 Å². The largest absolute Gasteiger partial charge is 0.489 e. The zero-order valence-electron chi connectivity index (χ0n) is 16.0. The van der Waals surface area contributed by atoms with Gasteiger partial charge in [-0.25, -0.2) is 0 Å². The van der Waals surface area contributed by atoms with E-state index in [9.17, 15) is 0 Å². The highest BCUT2D eigenvalue weighted by Gasteiger charge is 2.11. The van der Waals surface area contributed by atoms with E-state index in [0.717, 1.165) is 30.5 Å². The Kier molecular flexibility index (Phi) is 5.74. The van der Waals surface area contributed by atoms with E-state index < -0.39 is 0 Å². The quantitative estimate of drug-likeness (QED) is 0.457. The Bertz CT molecular complexity index is 1020. The molecular weight excluding hydrogens is 344 g/mol. The number of aromatic nitrogens is 1. The van der Waals surface area contributed by atoms with Crippen molar-refractivity contribution in [3.05, 3.63) is 101 Å². The van der Waals surface area contributed by atoms with Crippen LogP contribution in [0.3, 0.4) is 0 Å². The molecule has 1 heterocycles. The van der Waals surface area contributed by atoms with Crippen LogP contribution in [0.2, 0.25) is 0 Å². The average molecular weight is 370 g/mol. The van der Waals surface area contributed by atoms with E-state index >= 15 is 0 Å². The first-order valence-electron chi connectivity index (χ1n) is 9.87. The van der Waals surface area contributed by atoms with Crippen LogP contribution in [0.25, 0.3) is 10.9 Å². The number of benzene rings is 3. The van der Waals surface area contributed by atoms with Gasteiger partial charge in [-0.2, -0.15) is 0 Å². The molecule has 3 N–H and O–H groups in total. The Balaban J connectivity index is 1.62. The van der Waals surface area contributed by atoms with Gasteiger partial charge in [0, 0.05) is 23.2 Å². The number of hydrogen-bond acceptors (Lipinski definition) is 2. The van der Waals surface area contributed by atoms with E-state index in [1.165, 1.54) is 27.6 Å². The van der Waals surface area contributed by atoms with Crippen LogP contribution in [0.5, 0.6) is 5.75 Å². The lowest BCUT2D eigenvalue weighted by molar-refractivity contribution is 0.303. The highest BCUT2D eigenvalue weighted by molar-refractivity contribution is 5.85. The Morgan fingerprint density at radius 1 is 0.750 bits per heavy atom. The molecule has 0 saturated heterocycles. The molecule has 0 atom stereocenters. The van der Waals surface area contributed by atoms with E-state index in [0.29, 0.717) is 13.2 Å². The summed E-state index contributed by atoms with van der Waals surface area (Å²) in [4.78, 5) is 3.38. The number of nitrogens with one attached hydrogen (secondary N) is 1. The van der Waals surface area contributed by atoms with Gasteiger partial charge < -0.3 is 15.5 Å².